The Labute approximate surface area is 122 Å². The molecule has 0 saturated carbocycles. The number of carbonyl (C=O) groups excluding carboxylic acids is 1. The molecule has 0 aliphatic carbocycles. The lowest BCUT2D eigenvalue weighted by Gasteiger charge is -2.02. The van der Waals surface area contributed by atoms with E-state index in [1.807, 2.05) is 48.8 Å². The van der Waals surface area contributed by atoms with Crippen LogP contribution in [0.15, 0.2) is 30.6 Å². The molecule has 0 aromatic carbocycles. The number of nitrogens with zero attached hydrogens (tertiary/aromatic N) is 2. The third kappa shape index (κ3) is 2.20. The van der Waals surface area contributed by atoms with Gasteiger partial charge in [-0.05, 0) is 38.5 Å². The molecule has 5 heteroatoms. The highest BCUT2D eigenvalue weighted by molar-refractivity contribution is 5.94. The van der Waals surface area contributed by atoms with E-state index in [9.17, 15) is 4.79 Å². The fraction of sp³-hybridized carbons (Fsp3) is 0.250. The Kier molecular flexibility index (Phi) is 3.25. The lowest BCUT2D eigenvalue weighted by molar-refractivity contribution is 0.0525. The molecule has 3 heterocycles. The van der Waals surface area contributed by atoms with Gasteiger partial charge in [0.15, 0.2) is 0 Å². The van der Waals surface area contributed by atoms with Crippen molar-refractivity contribution in [2.45, 2.75) is 20.8 Å². The van der Waals surface area contributed by atoms with Gasteiger partial charge in [0.1, 0.15) is 11.3 Å². The number of imidazole rings is 1. The molecule has 3 rings (SSSR count). The number of pyridine rings is 1. The number of fused-ring (bicyclic) bond motifs is 1. The van der Waals surface area contributed by atoms with Gasteiger partial charge in [-0.15, -0.1) is 0 Å². The zero-order chi connectivity index (χ0) is 15.0. The first-order valence-electron chi connectivity index (χ1n) is 6.92. The van der Waals surface area contributed by atoms with Crippen molar-refractivity contribution >= 4 is 11.6 Å². The second kappa shape index (κ2) is 5.09. The first-order valence-corrected chi connectivity index (χ1v) is 6.92. The summed E-state index contributed by atoms with van der Waals surface area (Å²) in [6.45, 7) is 5.96. The normalized spacial score (nSPS) is 11.0. The Bertz CT molecular complexity index is 781. The van der Waals surface area contributed by atoms with E-state index < -0.39 is 0 Å². The van der Waals surface area contributed by atoms with Crippen LogP contribution in [0.4, 0.5) is 0 Å². The molecular formula is C16H17N3O2. The molecule has 0 aliphatic rings. The van der Waals surface area contributed by atoms with Crippen molar-refractivity contribution in [2.75, 3.05) is 6.61 Å². The lowest BCUT2D eigenvalue weighted by Crippen LogP contribution is -2.06. The van der Waals surface area contributed by atoms with E-state index in [1.54, 1.807) is 6.92 Å². The number of carbonyl (C=O) groups is 1. The first-order chi connectivity index (χ1) is 10.1. The molecule has 0 saturated heterocycles. The average molecular weight is 283 g/mol. The van der Waals surface area contributed by atoms with E-state index in [4.69, 9.17) is 4.74 Å². The van der Waals surface area contributed by atoms with Gasteiger partial charge in [-0.25, -0.2) is 9.78 Å². The maximum absolute atomic E-state index is 12.0. The van der Waals surface area contributed by atoms with Crippen LogP contribution in [0.5, 0.6) is 0 Å². The molecule has 1 N–H and O–H groups in total. The van der Waals surface area contributed by atoms with Crippen molar-refractivity contribution in [1.82, 2.24) is 14.4 Å². The smallest absolute Gasteiger partial charge is 0.340 e. The summed E-state index contributed by atoms with van der Waals surface area (Å²) in [6.07, 6.45) is 3.89. The van der Waals surface area contributed by atoms with E-state index in [1.165, 1.54) is 0 Å². The molecular weight excluding hydrogens is 266 g/mol. The summed E-state index contributed by atoms with van der Waals surface area (Å²) >= 11 is 0. The van der Waals surface area contributed by atoms with E-state index in [0.29, 0.717) is 12.2 Å². The highest BCUT2D eigenvalue weighted by Gasteiger charge is 2.21. The molecule has 108 valence electrons. The van der Waals surface area contributed by atoms with Crippen LogP contribution in [0.3, 0.4) is 0 Å². The van der Waals surface area contributed by atoms with Crippen LogP contribution in [0.2, 0.25) is 0 Å². The molecule has 0 bridgehead atoms. The third-order valence-corrected chi connectivity index (χ3v) is 3.54. The quantitative estimate of drug-likeness (QED) is 0.751. The van der Waals surface area contributed by atoms with Gasteiger partial charge in [0.05, 0.1) is 17.9 Å². The fourth-order valence-corrected chi connectivity index (χ4v) is 2.57. The summed E-state index contributed by atoms with van der Waals surface area (Å²) < 4.78 is 7.07. The van der Waals surface area contributed by atoms with Gasteiger partial charge in [0, 0.05) is 18.1 Å². The molecule has 0 radical (unpaired) electrons. The summed E-state index contributed by atoms with van der Waals surface area (Å²) in [4.78, 5) is 19.9. The van der Waals surface area contributed by atoms with Crippen LogP contribution < -0.4 is 0 Å². The third-order valence-electron chi connectivity index (χ3n) is 3.54. The molecule has 3 aromatic rings. The van der Waals surface area contributed by atoms with Gasteiger partial charge in [0.2, 0.25) is 0 Å². The van der Waals surface area contributed by atoms with Crippen LogP contribution in [-0.2, 0) is 4.74 Å². The number of hydrogen-bond acceptors (Lipinski definition) is 3. The molecule has 3 aromatic heterocycles. The Hall–Kier alpha value is -2.56. The number of nitrogens with one attached hydrogen (secondary N) is 1. The van der Waals surface area contributed by atoms with Gasteiger partial charge < -0.3 is 14.1 Å². The molecule has 0 amide bonds. The molecule has 5 nitrogen and oxygen atoms in total. The van der Waals surface area contributed by atoms with Crippen LogP contribution >= 0.6 is 0 Å². The predicted molar refractivity (Wildman–Crippen MR) is 80.4 cm³/mol. The maximum Gasteiger partial charge on any atom is 0.340 e. The minimum absolute atomic E-state index is 0.293. The fourth-order valence-electron chi connectivity index (χ4n) is 2.57. The standard InChI is InChI=1S/C16H17N3O2/c1-4-21-16(20)14-10(2)15(17-11(14)3)12-9-19-8-6-5-7-13(19)18-12/h5-9,17H,4H2,1-3H3. The maximum atomic E-state index is 12.0. The zero-order valence-corrected chi connectivity index (χ0v) is 12.3. The summed E-state index contributed by atoms with van der Waals surface area (Å²) in [5.41, 5.74) is 4.82. The van der Waals surface area contributed by atoms with Gasteiger partial charge in [-0.3, -0.25) is 0 Å². The predicted octanol–water partition coefficient (Wildman–Crippen LogP) is 3.12. The van der Waals surface area contributed by atoms with Gasteiger partial charge in [-0.2, -0.15) is 0 Å². The highest BCUT2D eigenvalue weighted by atomic mass is 16.5. The van der Waals surface area contributed by atoms with Gasteiger partial charge in [-0.1, -0.05) is 6.07 Å². The number of aromatic nitrogens is 3. The summed E-state index contributed by atoms with van der Waals surface area (Å²) in [7, 11) is 0. The van der Waals surface area contributed by atoms with Crippen molar-refractivity contribution in [3.05, 3.63) is 47.4 Å². The molecule has 0 atom stereocenters. The van der Waals surface area contributed by atoms with Crippen LogP contribution in [0.25, 0.3) is 17.0 Å². The number of hydrogen-bond donors (Lipinski definition) is 1. The second-order valence-electron chi connectivity index (χ2n) is 4.94. The van der Waals surface area contributed by atoms with Crippen LogP contribution in [0, 0.1) is 13.8 Å². The first kappa shape index (κ1) is 13.4. The zero-order valence-electron chi connectivity index (χ0n) is 12.3. The lowest BCUT2D eigenvalue weighted by atomic mass is 10.1. The number of aromatic amines is 1. The van der Waals surface area contributed by atoms with E-state index >= 15 is 0 Å². The Morgan fingerprint density at radius 3 is 2.90 bits per heavy atom. The van der Waals surface area contributed by atoms with Crippen LogP contribution in [-0.4, -0.2) is 26.9 Å². The van der Waals surface area contributed by atoms with Crippen molar-refractivity contribution in [3.8, 4) is 11.4 Å². The molecule has 0 spiro atoms. The molecule has 0 fully saturated rings. The minimum Gasteiger partial charge on any atom is -0.462 e. The number of aryl methyl sites for hydroxylation is 1. The Morgan fingerprint density at radius 2 is 2.19 bits per heavy atom. The molecule has 21 heavy (non-hydrogen) atoms. The van der Waals surface area contributed by atoms with Crippen molar-refractivity contribution in [2.24, 2.45) is 0 Å². The monoisotopic (exact) mass is 283 g/mol. The van der Waals surface area contributed by atoms with E-state index in [0.717, 1.165) is 28.3 Å². The second-order valence-corrected chi connectivity index (χ2v) is 4.94. The molecule has 0 aliphatic heterocycles. The molecule has 0 unspecified atom stereocenters. The summed E-state index contributed by atoms with van der Waals surface area (Å²) in [6, 6.07) is 5.85. The topological polar surface area (TPSA) is 59.4 Å². The van der Waals surface area contributed by atoms with Crippen molar-refractivity contribution < 1.29 is 9.53 Å². The van der Waals surface area contributed by atoms with E-state index in [-0.39, 0.29) is 5.97 Å². The van der Waals surface area contributed by atoms with Crippen LogP contribution in [0.1, 0.15) is 28.5 Å². The minimum atomic E-state index is -0.293. The Balaban J connectivity index is 2.10. The highest BCUT2D eigenvalue weighted by Crippen LogP contribution is 2.27. The number of esters is 1. The Morgan fingerprint density at radius 1 is 1.38 bits per heavy atom. The largest absolute Gasteiger partial charge is 0.462 e. The number of H-pyrrole nitrogens is 1. The van der Waals surface area contributed by atoms with Crippen molar-refractivity contribution in [3.63, 3.8) is 0 Å². The number of rotatable bonds is 3. The van der Waals surface area contributed by atoms with Gasteiger partial charge >= 0.3 is 5.97 Å². The SMILES string of the molecule is CCOC(=O)c1c(C)[nH]c(-c2cn3ccccc3n2)c1C. The number of ether oxygens (including phenoxy) is 1. The van der Waals surface area contributed by atoms with Crippen molar-refractivity contribution in [1.29, 1.82) is 0 Å². The van der Waals surface area contributed by atoms with E-state index in [2.05, 4.69) is 9.97 Å². The van der Waals surface area contributed by atoms with Gasteiger partial charge in [0.25, 0.3) is 0 Å². The summed E-state index contributed by atoms with van der Waals surface area (Å²) in [5.74, 6) is -0.293. The average Bonchev–Trinajstić information content (AvgIpc) is 3.00. The summed E-state index contributed by atoms with van der Waals surface area (Å²) in [5, 5.41) is 0.